The van der Waals surface area contributed by atoms with E-state index in [1.807, 2.05) is 0 Å². The Hall–Kier alpha value is -3.78. The Bertz CT molecular complexity index is 2560. The van der Waals surface area contributed by atoms with Crippen molar-refractivity contribution in [1.29, 1.82) is 0 Å². The Morgan fingerprint density at radius 2 is 0.804 bits per heavy atom. The van der Waals surface area contributed by atoms with E-state index >= 15 is 0 Å². The number of rotatable bonds is 6. The van der Waals surface area contributed by atoms with Crippen molar-refractivity contribution in [3.8, 4) is 22.3 Å². The first-order chi connectivity index (χ1) is 26.1. The second-order valence-electron chi connectivity index (χ2n) is 16.2. The molecule has 4 heteroatoms. The number of benzene rings is 6. The molecule has 0 spiro atoms. The number of hydrogen-bond donors (Lipinski definition) is 0. The van der Waals surface area contributed by atoms with Gasteiger partial charge in [0.05, 0.1) is 0 Å². The molecular weight excluding hydrogens is 815 g/mol. The maximum Gasteiger partial charge on any atom is -1.00 e. The van der Waals surface area contributed by atoms with E-state index in [1.54, 1.807) is 23.3 Å². The van der Waals surface area contributed by atoms with Gasteiger partial charge in [-0.05, 0) is 79.6 Å². The molecule has 0 saturated carbocycles. The fraction of sp³-hybridized carbons (Fsp3) is 0.192. The predicted molar refractivity (Wildman–Crippen MR) is 237 cm³/mol. The minimum Gasteiger partial charge on any atom is -1.00 e. The van der Waals surface area contributed by atoms with Gasteiger partial charge in [-0.15, -0.1) is 69.1 Å². The average molecular weight is 863 g/mol. The summed E-state index contributed by atoms with van der Waals surface area (Å²) in [6.07, 6.45) is 11.2. The van der Waals surface area contributed by atoms with Gasteiger partial charge in [0.15, 0.2) is 0 Å². The maximum absolute atomic E-state index is 2.39. The van der Waals surface area contributed by atoms with Crippen LogP contribution in [0.25, 0.3) is 89.6 Å². The van der Waals surface area contributed by atoms with E-state index in [9.17, 15) is 0 Å². The quantitative estimate of drug-likeness (QED) is 0.116. The molecule has 0 nitrogen and oxygen atoms in total. The van der Waals surface area contributed by atoms with Crippen LogP contribution in [0.4, 0.5) is 0 Å². The summed E-state index contributed by atoms with van der Waals surface area (Å²) in [6, 6.07) is 45.3. The molecule has 2 aliphatic rings. The predicted octanol–water partition coefficient (Wildman–Crippen LogP) is 8.91. The van der Waals surface area contributed by atoms with Crippen molar-refractivity contribution in [3.63, 3.8) is 0 Å². The summed E-state index contributed by atoms with van der Waals surface area (Å²) < 4.78 is 0. The summed E-state index contributed by atoms with van der Waals surface area (Å²) in [5.74, 6) is 1.37. The van der Waals surface area contributed by atoms with Crippen molar-refractivity contribution in [2.45, 2.75) is 53.6 Å². The molecule has 8 aromatic carbocycles. The second-order valence-corrected chi connectivity index (χ2v) is 25.5. The number of halogens is 2. The van der Waals surface area contributed by atoms with E-state index < -0.39 is 0 Å². The van der Waals surface area contributed by atoms with Gasteiger partial charge in [0.1, 0.15) is 0 Å². The van der Waals surface area contributed by atoms with Crippen molar-refractivity contribution in [3.05, 3.63) is 155 Å². The Balaban J connectivity index is 0.000000168. The van der Waals surface area contributed by atoms with Crippen molar-refractivity contribution in [1.82, 2.24) is 0 Å². The minimum absolute atomic E-state index is 0. The van der Waals surface area contributed by atoms with Crippen LogP contribution in [0, 0.1) is 11.8 Å². The van der Waals surface area contributed by atoms with Crippen LogP contribution in [-0.2, 0) is 36.2 Å². The normalized spacial score (nSPS) is 11.9. The van der Waals surface area contributed by atoms with E-state index in [2.05, 4.69) is 186 Å². The summed E-state index contributed by atoms with van der Waals surface area (Å²) in [5.41, 5.74) is 13.8. The molecule has 0 saturated heterocycles. The third-order valence-corrected chi connectivity index (χ3v) is 10.6. The minimum atomic E-state index is 0. The first-order valence-electron chi connectivity index (χ1n) is 19.5. The summed E-state index contributed by atoms with van der Waals surface area (Å²) >= 11 is 1.74. The fourth-order valence-electron chi connectivity index (χ4n) is 8.55. The van der Waals surface area contributed by atoms with Gasteiger partial charge >= 0.3 is 41.9 Å². The molecule has 0 heterocycles. The van der Waals surface area contributed by atoms with Crippen LogP contribution in [0.5, 0.6) is 0 Å². The fourth-order valence-corrected chi connectivity index (χ4v) is 8.55. The van der Waals surface area contributed by atoms with Crippen LogP contribution < -0.4 is 24.8 Å². The Kier molecular flexibility index (Phi) is 13.3. The van der Waals surface area contributed by atoms with Gasteiger partial charge in [0.2, 0.25) is 0 Å². The van der Waals surface area contributed by atoms with Gasteiger partial charge < -0.3 is 24.8 Å². The zero-order valence-electron chi connectivity index (χ0n) is 33.2. The largest absolute Gasteiger partial charge is 1.00 e. The topological polar surface area (TPSA) is 0 Å². The van der Waals surface area contributed by atoms with Crippen molar-refractivity contribution >= 4 is 72.8 Å². The molecular formula is C52H48Cl2SiZr-2. The van der Waals surface area contributed by atoms with E-state index in [-0.39, 0.29) is 30.2 Å². The smallest absolute Gasteiger partial charge is 1.00 e. The van der Waals surface area contributed by atoms with Gasteiger partial charge in [-0.2, -0.15) is 12.1 Å². The maximum atomic E-state index is 2.39. The SMILES string of the molecule is CC(C)Cc1cc2c(-c3ccc4c5c(cccc35)C=C4)cccc2[cH-]1.CC(C)Cc1cc2c(-c3ccc4c5c(cccc35)C=C4)cccc2[cH-]1.C[Si](C)=[Zr+2].[Cl-].[Cl-]. The summed E-state index contributed by atoms with van der Waals surface area (Å²) in [5, 5.41) is 11.0. The summed E-state index contributed by atoms with van der Waals surface area (Å²) in [6.45, 7) is 13.8. The van der Waals surface area contributed by atoms with E-state index in [4.69, 9.17) is 0 Å². The molecule has 280 valence electrons. The molecule has 0 aromatic heterocycles. The zero-order valence-corrected chi connectivity index (χ0v) is 38.2. The molecule has 0 radical (unpaired) electrons. The Labute approximate surface area is 360 Å². The van der Waals surface area contributed by atoms with Gasteiger partial charge in [0, 0.05) is 0 Å². The number of hydrogen-bond acceptors (Lipinski definition) is 0. The van der Waals surface area contributed by atoms with Crippen LogP contribution in [0.2, 0.25) is 13.1 Å². The van der Waals surface area contributed by atoms with Crippen LogP contribution >= 0.6 is 0 Å². The van der Waals surface area contributed by atoms with Crippen molar-refractivity contribution < 1.29 is 48.1 Å². The van der Waals surface area contributed by atoms with Crippen LogP contribution in [-0.4, -0.2) is 5.43 Å². The molecule has 56 heavy (non-hydrogen) atoms. The average Bonchev–Trinajstić information content (AvgIpc) is 3.94. The molecule has 0 aliphatic heterocycles. The molecule has 8 aromatic rings. The molecule has 0 fully saturated rings. The Morgan fingerprint density at radius 1 is 0.464 bits per heavy atom. The van der Waals surface area contributed by atoms with E-state index in [1.165, 1.54) is 98.7 Å². The first-order valence-corrected chi connectivity index (χ1v) is 25.7. The van der Waals surface area contributed by atoms with E-state index in [0.717, 1.165) is 12.8 Å². The molecule has 0 amide bonds. The molecule has 2 aliphatic carbocycles. The Morgan fingerprint density at radius 3 is 1.18 bits per heavy atom. The first kappa shape index (κ1) is 41.8. The monoisotopic (exact) mass is 860 g/mol. The third kappa shape index (κ3) is 8.42. The summed E-state index contributed by atoms with van der Waals surface area (Å²) in [7, 11) is 0. The van der Waals surface area contributed by atoms with Crippen LogP contribution in [0.15, 0.2) is 121 Å². The van der Waals surface area contributed by atoms with Crippen LogP contribution in [0.3, 0.4) is 0 Å². The number of fused-ring (bicyclic) bond motifs is 2. The van der Waals surface area contributed by atoms with Crippen molar-refractivity contribution in [2.75, 3.05) is 0 Å². The second kappa shape index (κ2) is 17.8. The van der Waals surface area contributed by atoms with Crippen molar-refractivity contribution in [2.24, 2.45) is 11.8 Å². The van der Waals surface area contributed by atoms with Gasteiger partial charge in [-0.25, -0.2) is 0 Å². The third-order valence-electron chi connectivity index (χ3n) is 10.6. The summed E-state index contributed by atoms with van der Waals surface area (Å²) in [4.78, 5) is 0. The molecule has 0 atom stereocenters. The van der Waals surface area contributed by atoms with Gasteiger partial charge in [0.25, 0.3) is 0 Å². The standard InChI is InChI=1S/2C25H21.C2H6Si.2ClH.Zr/c2*1-16(2)13-17-14-20-6-4-7-21(24(20)15-17)22-12-11-19-10-9-18-5-3-8-23(22)25(18)19;1-3-2;;;/h2*3-12,14-16H,13H2,1-2H3;1-2H3;2*1H;/q2*-1;;;;+2/p-2. The molecule has 0 N–H and O–H groups in total. The molecule has 0 unspecified atom stereocenters. The molecule has 0 bridgehead atoms. The van der Waals surface area contributed by atoms with E-state index in [0.29, 0.717) is 11.8 Å². The molecule has 10 rings (SSSR count). The van der Waals surface area contributed by atoms with Crippen LogP contribution in [0.1, 0.15) is 61.1 Å². The van der Waals surface area contributed by atoms with Gasteiger partial charge in [-0.3, -0.25) is 0 Å². The zero-order chi connectivity index (χ0) is 37.5. The van der Waals surface area contributed by atoms with Gasteiger partial charge in [-0.1, -0.05) is 136 Å².